The monoisotopic (exact) mass is 344 g/mol. The second kappa shape index (κ2) is 6.91. The largest absolute Gasteiger partial charge is 0.493 e. The van der Waals surface area contributed by atoms with Crippen LogP contribution in [-0.2, 0) is 0 Å². The first kappa shape index (κ1) is 15.1. The summed E-state index contributed by atoms with van der Waals surface area (Å²) >= 11 is 3.34. The third kappa shape index (κ3) is 3.61. The van der Waals surface area contributed by atoms with E-state index in [0.29, 0.717) is 29.2 Å². The van der Waals surface area contributed by atoms with E-state index in [-0.39, 0.29) is 5.91 Å². The molecule has 0 aliphatic rings. The van der Waals surface area contributed by atoms with Crippen molar-refractivity contribution in [2.75, 3.05) is 11.9 Å². The normalized spacial score (nSPS) is 9.76. The van der Waals surface area contributed by atoms with Crippen LogP contribution in [0, 0.1) is 11.3 Å². The Balaban J connectivity index is 2.32. The highest BCUT2D eigenvalue weighted by molar-refractivity contribution is 9.10. The van der Waals surface area contributed by atoms with E-state index in [1.54, 1.807) is 36.4 Å². The molecule has 2 aromatic rings. The SMILES string of the molecule is CCOc1ccc(Br)cc1C(=O)Nc1ccccc1C#N. The van der Waals surface area contributed by atoms with E-state index < -0.39 is 0 Å². The van der Waals surface area contributed by atoms with Gasteiger partial charge >= 0.3 is 0 Å². The van der Waals surface area contributed by atoms with Gasteiger partial charge in [-0.05, 0) is 37.3 Å². The van der Waals surface area contributed by atoms with Crippen LogP contribution in [0.5, 0.6) is 5.75 Å². The summed E-state index contributed by atoms with van der Waals surface area (Å²) in [6, 6.07) is 14.1. The Bertz CT molecular complexity index is 708. The van der Waals surface area contributed by atoms with E-state index in [4.69, 9.17) is 10.00 Å². The molecular weight excluding hydrogens is 332 g/mol. The first-order valence-corrected chi connectivity index (χ1v) is 7.18. The number of nitriles is 1. The summed E-state index contributed by atoms with van der Waals surface area (Å²) in [4.78, 5) is 12.4. The Labute approximate surface area is 131 Å². The zero-order valence-electron chi connectivity index (χ0n) is 11.4. The average Bonchev–Trinajstić information content (AvgIpc) is 2.49. The lowest BCUT2D eigenvalue weighted by Gasteiger charge is -2.11. The molecule has 0 fully saturated rings. The standard InChI is InChI=1S/C16H13BrN2O2/c1-2-21-15-8-7-12(17)9-13(15)16(20)19-14-6-4-3-5-11(14)10-18/h3-9H,2H2,1H3,(H,19,20). The number of carbonyl (C=O) groups excluding carboxylic acids is 1. The van der Waals surface area contributed by atoms with Gasteiger partial charge in [-0.1, -0.05) is 28.1 Å². The van der Waals surface area contributed by atoms with Crippen LogP contribution >= 0.6 is 15.9 Å². The number of hydrogen-bond acceptors (Lipinski definition) is 3. The minimum Gasteiger partial charge on any atom is -0.493 e. The lowest BCUT2D eigenvalue weighted by molar-refractivity contribution is 0.102. The number of nitrogens with zero attached hydrogens (tertiary/aromatic N) is 1. The summed E-state index contributed by atoms with van der Waals surface area (Å²) in [5.74, 6) is 0.190. The minimum absolute atomic E-state index is 0.317. The molecular formula is C16H13BrN2O2. The van der Waals surface area contributed by atoms with E-state index in [0.717, 1.165) is 4.47 Å². The predicted molar refractivity (Wildman–Crippen MR) is 84.4 cm³/mol. The molecule has 4 nitrogen and oxygen atoms in total. The van der Waals surface area contributed by atoms with Gasteiger partial charge in [0.05, 0.1) is 23.4 Å². The third-order valence-electron chi connectivity index (χ3n) is 2.78. The molecule has 0 aliphatic carbocycles. The summed E-state index contributed by atoms with van der Waals surface area (Å²) in [6.07, 6.45) is 0. The number of rotatable bonds is 4. The van der Waals surface area contributed by atoms with Crippen molar-refractivity contribution in [3.05, 3.63) is 58.1 Å². The number of benzene rings is 2. The van der Waals surface area contributed by atoms with Crippen molar-refractivity contribution >= 4 is 27.5 Å². The van der Waals surface area contributed by atoms with Gasteiger partial charge in [0.1, 0.15) is 11.8 Å². The molecule has 1 N–H and O–H groups in total. The first-order chi connectivity index (χ1) is 10.2. The quantitative estimate of drug-likeness (QED) is 0.912. The average molecular weight is 345 g/mol. The second-order valence-electron chi connectivity index (χ2n) is 4.19. The number of para-hydroxylation sites is 1. The van der Waals surface area contributed by atoms with E-state index in [1.807, 2.05) is 19.1 Å². The van der Waals surface area contributed by atoms with Gasteiger partial charge in [-0.25, -0.2) is 0 Å². The van der Waals surface area contributed by atoms with Crippen molar-refractivity contribution in [1.82, 2.24) is 0 Å². The van der Waals surface area contributed by atoms with Crippen molar-refractivity contribution < 1.29 is 9.53 Å². The molecule has 0 heterocycles. The minimum atomic E-state index is -0.317. The molecule has 0 spiro atoms. The second-order valence-corrected chi connectivity index (χ2v) is 5.10. The third-order valence-corrected chi connectivity index (χ3v) is 3.28. The molecule has 1 amide bonds. The van der Waals surface area contributed by atoms with Crippen LogP contribution in [0.4, 0.5) is 5.69 Å². The number of nitrogens with one attached hydrogen (secondary N) is 1. The maximum Gasteiger partial charge on any atom is 0.259 e. The first-order valence-electron chi connectivity index (χ1n) is 6.38. The Morgan fingerprint density at radius 1 is 1.33 bits per heavy atom. The van der Waals surface area contributed by atoms with Crippen LogP contribution in [0.1, 0.15) is 22.8 Å². The van der Waals surface area contributed by atoms with Gasteiger partial charge in [-0.15, -0.1) is 0 Å². The Hall–Kier alpha value is -2.32. The maximum atomic E-state index is 12.4. The fraction of sp³-hybridized carbons (Fsp3) is 0.125. The van der Waals surface area contributed by atoms with Crippen LogP contribution in [0.15, 0.2) is 46.9 Å². The number of ether oxygens (including phenoxy) is 1. The maximum absolute atomic E-state index is 12.4. The molecule has 0 saturated heterocycles. The molecule has 106 valence electrons. The molecule has 0 atom stereocenters. The smallest absolute Gasteiger partial charge is 0.259 e. The fourth-order valence-electron chi connectivity index (χ4n) is 1.84. The topological polar surface area (TPSA) is 62.1 Å². The van der Waals surface area contributed by atoms with E-state index >= 15 is 0 Å². The Morgan fingerprint density at radius 3 is 2.81 bits per heavy atom. The number of hydrogen-bond donors (Lipinski definition) is 1. The van der Waals surface area contributed by atoms with E-state index in [2.05, 4.69) is 21.2 Å². The van der Waals surface area contributed by atoms with Crippen LogP contribution < -0.4 is 10.1 Å². The van der Waals surface area contributed by atoms with Gasteiger partial charge in [0.15, 0.2) is 0 Å². The Morgan fingerprint density at radius 2 is 2.10 bits per heavy atom. The van der Waals surface area contributed by atoms with Gasteiger partial charge in [0.2, 0.25) is 0 Å². The van der Waals surface area contributed by atoms with E-state index in [1.165, 1.54) is 0 Å². The Kier molecular flexibility index (Phi) is 4.96. The van der Waals surface area contributed by atoms with Gasteiger partial charge < -0.3 is 10.1 Å². The van der Waals surface area contributed by atoms with Crippen LogP contribution in [0.25, 0.3) is 0 Å². The van der Waals surface area contributed by atoms with Gasteiger partial charge in [0, 0.05) is 4.47 Å². The molecule has 0 radical (unpaired) electrons. The zero-order valence-corrected chi connectivity index (χ0v) is 13.0. The van der Waals surface area contributed by atoms with Crippen LogP contribution in [0.2, 0.25) is 0 Å². The molecule has 0 aliphatic heterocycles. The molecule has 5 heteroatoms. The summed E-state index contributed by atoms with van der Waals surface area (Å²) in [5, 5.41) is 11.8. The van der Waals surface area contributed by atoms with Gasteiger partial charge in [-0.2, -0.15) is 5.26 Å². The summed E-state index contributed by atoms with van der Waals surface area (Å²) in [7, 11) is 0. The molecule has 2 aromatic carbocycles. The summed E-state index contributed by atoms with van der Waals surface area (Å²) in [5.41, 5.74) is 1.31. The van der Waals surface area contributed by atoms with Crippen LogP contribution in [0.3, 0.4) is 0 Å². The predicted octanol–water partition coefficient (Wildman–Crippen LogP) is 3.97. The van der Waals surface area contributed by atoms with Crippen LogP contribution in [-0.4, -0.2) is 12.5 Å². The number of amides is 1. The number of halogens is 1. The fourth-order valence-corrected chi connectivity index (χ4v) is 2.20. The molecule has 21 heavy (non-hydrogen) atoms. The molecule has 0 bridgehead atoms. The highest BCUT2D eigenvalue weighted by Crippen LogP contribution is 2.25. The van der Waals surface area contributed by atoms with Crippen molar-refractivity contribution in [2.45, 2.75) is 6.92 Å². The van der Waals surface area contributed by atoms with Gasteiger partial charge in [0.25, 0.3) is 5.91 Å². The summed E-state index contributed by atoms with van der Waals surface area (Å²) < 4.78 is 6.24. The molecule has 0 aromatic heterocycles. The van der Waals surface area contributed by atoms with Crippen molar-refractivity contribution in [3.8, 4) is 11.8 Å². The highest BCUT2D eigenvalue weighted by atomic mass is 79.9. The van der Waals surface area contributed by atoms with Crippen molar-refractivity contribution in [2.24, 2.45) is 0 Å². The van der Waals surface area contributed by atoms with Crippen molar-refractivity contribution in [3.63, 3.8) is 0 Å². The van der Waals surface area contributed by atoms with Crippen molar-refractivity contribution in [1.29, 1.82) is 5.26 Å². The van der Waals surface area contributed by atoms with E-state index in [9.17, 15) is 4.79 Å². The zero-order chi connectivity index (χ0) is 15.2. The number of anilines is 1. The molecule has 0 unspecified atom stereocenters. The number of carbonyl (C=O) groups is 1. The highest BCUT2D eigenvalue weighted by Gasteiger charge is 2.14. The molecule has 0 saturated carbocycles. The summed E-state index contributed by atoms with van der Waals surface area (Å²) in [6.45, 7) is 2.32. The lowest BCUT2D eigenvalue weighted by Crippen LogP contribution is -2.14. The molecule has 2 rings (SSSR count). The lowest BCUT2D eigenvalue weighted by atomic mass is 10.1. The van der Waals surface area contributed by atoms with Gasteiger partial charge in [-0.3, -0.25) is 4.79 Å².